The Balaban J connectivity index is 2.06. The first-order chi connectivity index (χ1) is 10.6. The molecule has 0 aliphatic carbocycles. The number of rotatable bonds is 4. The second kappa shape index (κ2) is 5.84. The predicted molar refractivity (Wildman–Crippen MR) is 90.2 cm³/mol. The van der Waals surface area contributed by atoms with Gasteiger partial charge in [-0.05, 0) is 37.1 Å². The Kier molecular flexibility index (Phi) is 3.88. The van der Waals surface area contributed by atoms with Crippen molar-refractivity contribution < 1.29 is 9.53 Å². The molecule has 0 unspecified atom stereocenters. The molecule has 0 aliphatic heterocycles. The molecule has 0 fully saturated rings. The highest BCUT2D eigenvalue weighted by Gasteiger charge is 2.12. The number of para-hydroxylation sites is 1. The van der Waals surface area contributed by atoms with Gasteiger partial charge in [-0.25, -0.2) is 0 Å². The second-order valence-electron chi connectivity index (χ2n) is 6.01. The number of carbonyl (C=O) groups excluding carboxylic acids is 1. The molecule has 1 heterocycles. The smallest absolute Gasteiger partial charge is 0.311 e. The van der Waals surface area contributed by atoms with Gasteiger partial charge in [-0.3, -0.25) is 4.79 Å². The van der Waals surface area contributed by atoms with Crippen LogP contribution in [0.15, 0.2) is 42.5 Å². The molecule has 0 bridgehead atoms. The van der Waals surface area contributed by atoms with E-state index >= 15 is 0 Å². The summed E-state index contributed by atoms with van der Waals surface area (Å²) in [5.41, 5.74) is 2.39. The molecule has 0 spiro atoms. The molecule has 1 aromatic heterocycles. The summed E-state index contributed by atoms with van der Waals surface area (Å²) in [5, 5.41) is 2.33. The van der Waals surface area contributed by atoms with Crippen LogP contribution in [-0.2, 0) is 11.3 Å². The normalized spacial score (nSPS) is 11.5. The fourth-order valence-corrected chi connectivity index (χ4v) is 2.94. The van der Waals surface area contributed by atoms with E-state index in [0.717, 1.165) is 11.9 Å². The maximum absolute atomic E-state index is 11.9. The van der Waals surface area contributed by atoms with Crippen LogP contribution in [0, 0.1) is 5.92 Å². The third-order valence-electron chi connectivity index (χ3n) is 3.87. The van der Waals surface area contributed by atoms with Gasteiger partial charge in [-0.15, -0.1) is 0 Å². The second-order valence-corrected chi connectivity index (χ2v) is 6.01. The number of nitrogens with zero attached hydrogens (tertiary/aromatic N) is 1. The molecule has 0 saturated carbocycles. The molecule has 0 saturated heterocycles. The number of esters is 1. The zero-order chi connectivity index (χ0) is 15.7. The highest BCUT2D eigenvalue weighted by Crippen LogP contribution is 2.31. The van der Waals surface area contributed by atoms with E-state index in [1.807, 2.05) is 38.1 Å². The van der Waals surface area contributed by atoms with Crippen LogP contribution in [0.2, 0.25) is 0 Å². The van der Waals surface area contributed by atoms with Crippen LogP contribution >= 0.6 is 0 Å². The molecule has 3 aromatic rings. The molecule has 114 valence electrons. The summed E-state index contributed by atoms with van der Waals surface area (Å²) in [7, 11) is 0. The SMILES string of the molecule is CCn1c2ccccc2c2cc(OC(=O)CC(C)C)ccc21. The van der Waals surface area contributed by atoms with Crippen LogP contribution in [-0.4, -0.2) is 10.5 Å². The van der Waals surface area contributed by atoms with E-state index in [-0.39, 0.29) is 5.97 Å². The predicted octanol–water partition coefficient (Wildman–Crippen LogP) is 4.77. The standard InChI is InChI=1S/C19H21NO2/c1-4-20-17-8-6-5-7-15(17)16-12-14(9-10-18(16)20)22-19(21)11-13(2)3/h5-10,12-13H,4,11H2,1-3H3. The van der Waals surface area contributed by atoms with E-state index in [4.69, 9.17) is 4.74 Å². The van der Waals surface area contributed by atoms with Crippen molar-refractivity contribution in [1.82, 2.24) is 4.57 Å². The van der Waals surface area contributed by atoms with Crippen LogP contribution in [0.25, 0.3) is 21.8 Å². The van der Waals surface area contributed by atoms with Crippen molar-refractivity contribution in [3.05, 3.63) is 42.5 Å². The van der Waals surface area contributed by atoms with Crippen molar-refractivity contribution in [2.45, 2.75) is 33.7 Å². The van der Waals surface area contributed by atoms with E-state index < -0.39 is 0 Å². The van der Waals surface area contributed by atoms with Crippen molar-refractivity contribution in [1.29, 1.82) is 0 Å². The van der Waals surface area contributed by atoms with Crippen LogP contribution in [0.1, 0.15) is 27.2 Å². The molecule has 3 nitrogen and oxygen atoms in total. The summed E-state index contributed by atoms with van der Waals surface area (Å²) in [6, 6.07) is 14.2. The van der Waals surface area contributed by atoms with Gasteiger partial charge in [0, 0.05) is 34.8 Å². The number of benzene rings is 2. The minimum atomic E-state index is -0.173. The van der Waals surface area contributed by atoms with Crippen LogP contribution in [0.3, 0.4) is 0 Å². The first-order valence-corrected chi connectivity index (χ1v) is 7.81. The summed E-state index contributed by atoms with van der Waals surface area (Å²) >= 11 is 0. The highest BCUT2D eigenvalue weighted by molar-refractivity contribution is 6.08. The number of ether oxygens (including phenoxy) is 1. The lowest BCUT2D eigenvalue weighted by Crippen LogP contribution is -2.10. The van der Waals surface area contributed by atoms with Gasteiger partial charge >= 0.3 is 5.97 Å². The Bertz CT molecular complexity index is 830. The maximum atomic E-state index is 11.9. The summed E-state index contributed by atoms with van der Waals surface area (Å²) in [5.74, 6) is 0.754. The Morgan fingerprint density at radius 1 is 1.09 bits per heavy atom. The molecule has 2 aromatic carbocycles. The third-order valence-corrected chi connectivity index (χ3v) is 3.87. The Hall–Kier alpha value is -2.29. The number of carbonyl (C=O) groups is 1. The van der Waals surface area contributed by atoms with Gasteiger partial charge in [-0.1, -0.05) is 32.0 Å². The Labute approximate surface area is 130 Å². The van der Waals surface area contributed by atoms with Crippen LogP contribution in [0.5, 0.6) is 5.75 Å². The molecule has 0 amide bonds. The van der Waals surface area contributed by atoms with Gasteiger partial charge in [0.05, 0.1) is 0 Å². The lowest BCUT2D eigenvalue weighted by molar-refractivity contribution is -0.135. The van der Waals surface area contributed by atoms with Gasteiger partial charge in [0.25, 0.3) is 0 Å². The molecule has 0 radical (unpaired) electrons. The summed E-state index contributed by atoms with van der Waals surface area (Å²) in [6.45, 7) is 7.08. The number of aryl methyl sites for hydroxylation is 1. The summed E-state index contributed by atoms with van der Waals surface area (Å²) < 4.78 is 7.76. The van der Waals surface area contributed by atoms with E-state index in [9.17, 15) is 4.79 Å². The fraction of sp³-hybridized carbons (Fsp3) is 0.316. The van der Waals surface area contributed by atoms with Gasteiger partial charge in [0.15, 0.2) is 0 Å². The third kappa shape index (κ3) is 2.59. The zero-order valence-electron chi connectivity index (χ0n) is 13.3. The van der Waals surface area contributed by atoms with Crippen molar-refractivity contribution >= 4 is 27.8 Å². The van der Waals surface area contributed by atoms with E-state index in [1.165, 1.54) is 16.4 Å². The maximum Gasteiger partial charge on any atom is 0.311 e. The van der Waals surface area contributed by atoms with E-state index in [0.29, 0.717) is 18.1 Å². The van der Waals surface area contributed by atoms with Gasteiger partial charge < -0.3 is 9.30 Å². The molecular weight excluding hydrogens is 274 g/mol. The molecule has 3 heteroatoms. The Morgan fingerprint density at radius 2 is 1.82 bits per heavy atom. The monoisotopic (exact) mass is 295 g/mol. The van der Waals surface area contributed by atoms with Crippen molar-refractivity contribution in [2.75, 3.05) is 0 Å². The Morgan fingerprint density at radius 3 is 2.55 bits per heavy atom. The quantitative estimate of drug-likeness (QED) is 0.513. The summed E-state index contributed by atoms with van der Waals surface area (Å²) in [6.07, 6.45) is 0.439. The van der Waals surface area contributed by atoms with E-state index in [2.05, 4.69) is 29.7 Å². The van der Waals surface area contributed by atoms with Crippen LogP contribution < -0.4 is 4.74 Å². The summed E-state index contributed by atoms with van der Waals surface area (Å²) in [4.78, 5) is 11.9. The zero-order valence-corrected chi connectivity index (χ0v) is 13.3. The van der Waals surface area contributed by atoms with Crippen molar-refractivity contribution in [3.8, 4) is 5.75 Å². The number of fused-ring (bicyclic) bond motifs is 3. The van der Waals surface area contributed by atoms with Gasteiger partial charge in [0.1, 0.15) is 5.75 Å². The molecule has 3 rings (SSSR count). The highest BCUT2D eigenvalue weighted by atomic mass is 16.5. The topological polar surface area (TPSA) is 31.2 Å². The lowest BCUT2D eigenvalue weighted by Gasteiger charge is -2.07. The minimum Gasteiger partial charge on any atom is -0.426 e. The number of aromatic nitrogens is 1. The first kappa shape index (κ1) is 14.6. The largest absolute Gasteiger partial charge is 0.426 e. The number of hydrogen-bond acceptors (Lipinski definition) is 2. The minimum absolute atomic E-state index is 0.173. The molecule has 22 heavy (non-hydrogen) atoms. The van der Waals surface area contributed by atoms with Crippen LogP contribution in [0.4, 0.5) is 0 Å². The van der Waals surface area contributed by atoms with Gasteiger partial charge in [-0.2, -0.15) is 0 Å². The molecule has 0 N–H and O–H groups in total. The average Bonchev–Trinajstić information content (AvgIpc) is 2.79. The first-order valence-electron chi connectivity index (χ1n) is 7.81. The molecule has 0 aliphatic rings. The average molecular weight is 295 g/mol. The lowest BCUT2D eigenvalue weighted by atomic mass is 10.1. The van der Waals surface area contributed by atoms with E-state index in [1.54, 1.807) is 0 Å². The van der Waals surface area contributed by atoms with Gasteiger partial charge in [0.2, 0.25) is 0 Å². The van der Waals surface area contributed by atoms with Crippen molar-refractivity contribution in [2.24, 2.45) is 5.92 Å². The molecular formula is C19H21NO2. The van der Waals surface area contributed by atoms with Crippen molar-refractivity contribution in [3.63, 3.8) is 0 Å². The molecule has 0 atom stereocenters. The number of hydrogen-bond donors (Lipinski definition) is 0. The fourth-order valence-electron chi connectivity index (χ4n) is 2.94.